The maximum atomic E-state index is 13.3. The lowest BCUT2D eigenvalue weighted by Crippen LogP contribution is -2.20. The van der Waals surface area contributed by atoms with Crippen molar-refractivity contribution >= 4 is 32.7 Å². The predicted octanol–water partition coefficient (Wildman–Crippen LogP) is 3.09. The third-order valence-corrected chi connectivity index (χ3v) is 7.06. The van der Waals surface area contributed by atoms with Crippen molar-refractivity contribution in [1.29, 1.82) is 0 Å². The van der Waals surface area contributed by atoms with Crippen LogP contribution in [-0.2, 0) is 34.3 Å². The molecule has 0 radical (unpaired) electrons. The fourth-order valence-corrected chi connectivity index (χ4v) is 5.08. The quantitative estimate of drug-likeness (QED) is 0.295. The summed E-state index contributed by atoms with van der Waals surface area (Å²) in [5.41, 5.74) is 2.78. The zero-order valence-electron chi connectivity index (χ0n) is 21.4. The zero-order valence-corrected chi connectivity index (χ0v) is 22.2. The smallest absolute Gasteiger partial charge is 0.296 e. The molecule has 4 rings (SSSR count). The van der Waals surface area contributed by atoms with E-state index in [1.54, 1.807) is 48.3 Å². The number of nitrogens with one attached hydrogen (secondary N) is 2. The number of sulfonamides is 1. The Morgan fingerprint density at radius 1 is 1.11 bits per heavy atom. The van der Waals surface area contributed by atoms with Crippen LogP contribution in [-0.4, -0.2) is 43.5 Å². The van der Waals surface area contributed by atoms with Gasteiger partial charge in [0, 0.05) is 18.3 Å². The molecule has 38 heavy (non-hydrogen) atoms. The Balaban J connectivity index is 1.59. The molecule has 2 aromatic carbocycles. The van der Waals surface area contributed by atoms with Crippen LogP contribution >= 0.6 is 0 Å². The van der Waals surface area contributed by atoms with Gasteiger partial charge in [-0.05, 0) is 54.7 Å². The number of aromatic nitrogens is 3. The average Bonchev–Trinajstić information content (AvgIpc) is 3.53. The molecule has 12 heteroatoms. The molecule has 0 spiro atoms. The molecule has 2 heterocycles. The van der Waals surface area contributed by atoms with Gasteiger partial charge >= 0.3 is 0 Å². The first-order chi connectivity index (χ1) is 18.3. The fraction of sp³-hybridized carbons (Fsp3) is 0.269. The van der Waals surface area contributed by atoms with Crippen LogP contribution in [0.3, 0.4) is 0 Å². The van der Waals surface area contributed by atoms with Gasteiger partial charge in [0.1, 0.15) is 21.8 Å². The lowest BCUT2D eigenvalue weighted by atomic mass is 10.1. The van der Waals surface area contributed by atoms with Crippen molar-refractivity contribution in [3.8, 4) is 23.3 Å². The maximum Gasteiger partial charge on any atom is 0.296 e. The van der Waals surface area contributed by atoms with Gasteiger partial charge in [-0.3, -0.25) is 14.2 Å². The number of hydrogen-bond acceptors (Lipinski definition) is 8. The molecule has 0 aliphatic rings. The number of hydrogen-bond donors (Lipinski definition) is 2. The molecule has 11 nitrogen and oxygen atoms in total. The van der Waals surface area contributed by atoms with Gasteiger partial charge in [-0.15, -0.1) is 0 Å². The van der Waals surface area contributed by atoms with E-state index in [-0.39, 0.29) is 22.4 Å². The van der Waals surface area contributed by atoms with Gasteiger partial charge in [-0.2, -0.15) is 5.10 Å². The van der Waals surface area contributed by atoms with E-state index in [4.69, 9.17) is 14.0 Å². The normalized spacial score (nSPS) is 11.1. The number of anilines is 1. The Morgan fingerprint density at radius 3 is 2.61 bits per heavy atom. The summed E-state index contributed by atoms with van der Waals surface area (Å²) >= 11 is 0. The van der Waals surface area contributed by atoms with Crippen molar-refractivity contribution in [2.45, 2.75) is 38.3 Å². The Hall–Kier alpha value is -4.50. The summed E-state index contributed by atoms with van der Waals surface area (Å²) in [6.45, 7) is 4.20. The number of ether oxygens (including phenoxy) is 2. The van der Waals surface area contributed by atoms with E-state index < -0.39 is 10.0 Å². The minimum absolute atomic E-state index is 0.000324. The van der Waals surface area contributed by atoms with Crippen LogP contribution in [0.25, 0.3) is 11.0 Å². The van der Waals surface area contributed by atoms with Crippen molar-refractivity contribution in [2.24, 2.45) is 0 Å². The number of nitrogens with zero attached hydrogens (tertiary/aromatic N) is 3. The first kappa shape index (κ1) is 26.6. The first-order valence-corrected chi connectivity index (χ1v) is 13.1. The molecule has 2 N–H and O–H groups in total. The molecule has 2 aromatic heterocycles. The number of aryl methyl sites for hydroxylation is 1. The second kappa shape index (κ2) is 11.3. The highest BCUT2D eigenvalue weighted by molar-refractivity contribution is 7.92. The molecule has 0 fully saturated rings. The molecule has 0 saturated heterocycles. The van der Waals surface area contributed by atoms with E-state index in [2.05, 4.69) is 32.1 Å². The average molecular weight is 538 g/mol. The molecular formula is C26H27N5O6S. The third kappa shape index (κ3) is 5.73. The second-order valence-corrected chi connectivity index (χ2v) is 9.90. The molecule has 1 amide bonds. The second-order valence-electron chi connectivity index (χ2n) is 8.25. The summed E-state index contributed by atoms with van der Waals surface area (Å²) < 4.78 is 47.0. The maximum absolute atomic E-state index is 13.3. The van der Waals surface area contributed by atoms with Crippen LogP contribution in [0.5, 0.6) is 11.5 Å². The van der Waals surface area contributed by atoms with Crippen LogP contribution < -0.4 is 19.5 Å². The van der Waals surface area contributed by atoms with Crippen LogP contribution in [0.15, 0.2) is 52.1 Å². The summed E-state index contributed by atoms with van der Waals surface area (Å²) in [6.07, 6.45) is 4.11. The van der Waals surface area contributed by atoms with E-state index in [9.17, 15) is 13.2 Å². The van der Waals surface area contributed by atoms with Crippen LogP contribution in [0.2, 0.25) is 0 Å². The highest BCUT2D eigenvalue weighted by atomic mass is 32.2. The largest absolute Gasteiger partial charge is 0.496 e. The lowest BCUT2D eigenvalue weighted by molar-refractivity contribution is -0.115. The topological polar surface area (TPSA) is 138 Å². The Labute approximate surface area is 220 Å². The van der Waals surface area contributed by atoms with Gasteiger partial charge in [-0.1, -0.05) is 24.1 Å². The molecular weight excluding hydrogens is 510 g/mol. The van der Waals surface area contributed by atoms with E-state index in [0.717, 1.165) is 16.7 Å². The molecule has 0 saturated carbocycles. The van der Waals surface area contributed by atoms with E-state index in [1.807, 2.05) is 13.0 Å². The predicted molar refractivity (Wildman–Crippen MR) is 140 cm³/mol. The van der Waals surface area contributed by atoms with E-state index in [1.165, 1.54) is 14.2 Å². The molecule has 4 aromatic rings. The number of carbonyl (C=O) groups excluding carboxylic acids is 1. The molecule has 0 aliphatic heterocycles. The van der Waals surface area contributed by atoms with Crippen molar-refractivity contribution in [3.63, 3.8) is 0 Å². The lowest BCUT2D eigenvalue weighted by Gasteiger charge is -2.12. The van der Waals surface area contributed by atoms with E-state index in [0.29, 0.717) is 36.2 Å². The summed E-state index contributed by atoms with van der Waals surface area (Å²) in [5.74, 6) is 5.20. The minimum Gasteiger partial charge on any atom is -0.496 e. The summed E-state index contributed by atoms with van der Waals surface area (Å²) in [4.78, 5) is 11.5. The van der Waals surface area contributed by atoms with Gasteiger partial charge in [-0.25, -0.2) is 8.42 Å². The van der Waals surface area contributed by atoms with Crippen LogP contribution in [0.1, 0.15) is 30.5 Å². The Kier molecular flexibility index (Phi) is 7.87. The summed E-state index contributed by atoms with van der Waals surface area (Å²) in [6, 6.07) is 8.50. The highest BCUT2D eigenvalue weighted by Crippen LogP contribution is 2.36. The summed E-state index contributed by atoms with van der Waals surface area (Å²) in [7, 11) is -1.16. The van der Waals surface area contributed by atoms with Crippen LogP contribution in [0.4, 0.5) is 5.82 Å². The first-order valence-electron chi connectivity index (χ1n) is 11.7. The minimum atomic E-state index is -4.05. The van der Waals surface area contributed by atoms with Gasteiger partial charge in [0.15, 0.2) is 11.4 Å². The third-order valence-electron chi connectivity index (χ3n) is 5.70. The van der Waals surface area contributed by atoms with Crippen molar-refractivity contribution in [3.05, 3.63) is 59.4 Å². The van der Waals surface area contributed by atoms with E-state index >= 15 is 0 Å². The standard InChI is InChI=1S/C26H27N5O6S/c1-5-7-24(32)27-13-19-14-28-31(16-19)15-18-10-21(36-4)25-22(11-18)37-29-26(25)30-38(33,34)23-12-17(6-2)8-9-20(23)35-3/h8-12,14,16H,6,13,15H2,1-4H3,(H,27,32)(H,29,30). The summed E-state index contributed by atoms with van der Waals surface area (Å²) in [5, 5.41) is 11.4. The van der Waals surface area contributed by atoms with Gasteiger partial charge in [0.25, 0.3) is 15.9 Å². The van der Waals surface area contributed by atoms with Crippen LogP contribution in [0, 0.1) is 11.8 Å². The Morgan fingerprint density at radius 2 is 1.89 bits per heavy atom. The molecule has 0 aliphatic carbocycles. The number of fused-ring (bicyclic) bond motifs is 1. The number of rotatable bonds is 10. The zero-order chi connectivity index (χ0) is 27.3. The van der Waals surface area contributed by atoms with Gasteiger partial charge in [0.05, 0.1) is 27.0 Å². The number of amides is 1. The van der Waals surface area contributed by atoms with Gasteiger partial charge in [0.2, 0.25) is 0 Å². The highest BCUT2D eigenvalue weighted by Gasteiger charge is 2.25. The SMILES string of the molecule is CC#CC(=O)NCc1cnn(Cc2cc(OC)c3c(NS(=O)(=O)c4cc(CC)ccc4OC)noc3c2)c1. The van der Waals surface area contributed by atoms with Crippen molar-refractivity contribution < 1.29 is 27.2 Å². The monoisotopic (exact) mass is 537 g/mol. The number of methoxy groups -OCH3 is 2. The molecule has 0 unspecified atom stereocenters. The Bertz CT molecular complexity index is 1650. The fourth-order valence-electron chi connectivity index (χ4n) is 3.86. The van der Waals surface area contributed by atoms with Gasteiger partial charge < -0.3 is 19.3 Å². The number of carbonyl (C=O) groups is 1. The van der Waals surface area contributed by atoms with Crippen molar-refractivity contribution in [1.82, 2.24) is 20.3 Å². The molecule has 0 atom stereocenters. The molecule has 0 bridgehead atoms. The molecule has 198 valence electrons. The number of benzene rings is 2. The van der Waals surface area contributed by atoms with Crippen molar-refractivity contribution in [2.75, 3.05) is 18.9 Å².